The maximum atomic E-state index is 12.5. The lowest BCUT2D eigenvalue weighted by Gasteiger charge is -2.39. The topological polar surface area (TPSA) is 35.6 Å². The van der Waals surface area contributed by atoms with Crippen molar-refractivity contribution in [3.05, 3.63) is 28.2 Å². The van der Waals surface area contributed by atoms with Crippen LogP contribution in [0.3, 0.4) is 0 Å². The summed E-state index contributed by atoms with van der Waals surface area (Å²) >= 11 is 3.52. The number of hydrogen-bond donors (Lipinski definition) is 1. The number of carbonyl (C=O) groups is 1. The molecule has 2 aliphatic rings. The number of hydrogen-bond acceptors (Lipinski definition) is 2. The molecular weight excluding hydrogens is 366 g/mol. The summed E-state index contributed by atoms with van der Waals surface area (Å²) in [7, 11) is 0. The Morgan fingerprint density at radius 3 is 2.38 bits per heavy atom. The van der Waals surface area contributed by atoms with Crippen LogP contribution in [-0.4, -0.2) is 48.1 Å². The van der Waals surface area contributed by atoms with Crippen LogP contribution in [0.1, 0.15) is 44.1 Å². The zero-order valence-electron chi connectivity index (χ0n) is 14.6. The minimum absolute atomic E-state index is 0.0197. The summed E-state index contributed by atoms with van der Waals surface area (Å²) < 4.78 is 1.03. The first-order valence-corrected chi connectivity index (χ1v) is 9.99. The van der Waals surface area contributed by atoms with E-state index in [9.17, 15) is 4.79 Å². The molecule has 1 aromatic carbocycles. The number of anilines is 1. The first-order valence-electron chi connectivity index (χ1n) is 9.19. The number of urea groups is 1. The van der Waals surface area contributed by atoms with Crippen LogP contribution in [0.5, 0.6) is 0 Å². The van der Waals surface area contributed by atoms with E-state index in [4.69, 9.17) is 0 Å². The van der Waals surface area contributed by atoms with E-state index in [1.165, 1.54) is 44.1 Å². The number of nitrogens with one attached hydrogen (secondary N) is 1. The van der Waals surface area contributed by atoms with Crippen molar-refractivity contribution in [1.29, 1.82) is 0 Å². The highest BCUT2D eigenvalue weighted by atomic mass is 79.9. The third-order valence-electron chi connectivity index (χ3n) is 5.37. The SMILES string of the molecule is Cc1ccc(NC(=O)N2CCN(C3CCCCCC3)CC2)cc1Br. The van der Waals surface area contributed by atoms with Crippen molar-refractivity contribution in [2.24, 2.45) is 0 Å². The van der Waals surface area contributed by atoms with Crippen LogP contribution in [0.2, 0.25) is 0 Å². The molecule has 24 heavy (non-hydrogen) atoms. The number of benzene rings is 1. The summed E-state index contributed by atoms with van der Waals surface area (Å²) in [6, 6.07) is 6.70. The first-order chi connectivity index (χ1) is 11.6. The molecule has 0 bridgehead atoms. The Morgan fingerprint density at radius 2 is 1.75 bits per heavy atom. The maximum Gasteiger partial charge on any atom is 0.321 e. The molecule has 1 aliphatic carbocycles. The monoisotopic (exact) mass is 393 g/mol. The lowest BCUT2D eigenvalue weighted by atomic mass is 10.1. The average Bonchev–Trinajstić information content (AvgIpc) is 2.88. The predicted octanol–water partition coefficient (Wildman–Crippen LogP) is 4.63. The fourth-order valence-corrected chi connectivity index (χ4v) is 4.17. The van der Waals surface area contributed by atoms with Crippen LogP contribution in [0.4, 0.5) is 10.5 Å². The van der Waals surface area contributed by atoms with Crippen LogP contribution in [0, 0.1) is 6.92 Å². The first kappa shape index (κ1) is 17.7. The standard InChI is InChI=1S/C19H28BrN3O/c1-15-8-9-16(14-18(15)20)21-19(24)23-12-10-22(11-13-23)17-6-4-2-3-5-7-17/h8-9,14,17H,2-7,10-13H2,1H3,(H,21,24). The lowest BCUT2D eigenvalue weighted by Crippen LogP contribution is -2.52. The molecule has 1 aromatic rings. The molecule has 1 aliphatic heterocycles. The van der Waals surface area contributed by atoms with Crippen LogP contribution >= 0.6 is 15.9 Å². The normalized spacial score (nSPS) is 20.7. The number of rotatable bonds is 2. The minimum atomic E-state index is 0.0197. The second-order valence-electron chi connectivity index (χ2n) is 7.06. The zero-order chi connectivity index (χ0) is 16.9. The molecule has 1 N–H and O–H groups in total. The van der Waals surface area contributed by atoms with Gasteiger partial charge in [-0.15, -0.1) is 0 Å². The zero-order valence-corrected chi connectivity index (χ0v) is 16.1. The lowest BCUT2D eigenvalue weighted by molar-refractivity contribution is 0.105. The molecule has 1 saturated carbocycles. The summed E-state index contributed by atoms with van der Waals surface area (Å²) in [5, 5.41) is 3.02. The van der Waals surface area contributed by atoms with E-state index in [0.29, 0.717) is 0 Å². The molecule has 5 heteroatoms. The van der Waals surface area contributed by atoms with E-state index in [2.05, 4.69) is 26.1 Å². The number of nitrogens with zero attached hydrogens (tertiary/aromatic N) is 2. The maximum absolute atomic E-state index is 12.5. The Bertz CT molecular complexity index is 562. The fourth-order valence-electron chi connectivity index (χ4n) is 3.79. The predicted molar refractivity (Wildman–Crippen MR) is 103 cm³/mol. The van der Waals surface area contributed by atoms with Gasteiger partial charge in [-0.05, 0) is 37.5 Å². The smallest absolute Gasteiger partial charge is 0.321 e. The second-order valence-corrected chi connectivity index (χ2v) is 7.92. The molecule has 0 atom stereocenters. The number of piperazine rings is 1. The molecule has 0 radical (unpaired) electrons. The van der Waals surface area contributed by atoms with Gasteiger partial charge in [0.2, 0.25) is 0 Å². The van der Waals surface area contributed by atoms with E-state index in [1.807, 2.05) is 30.0 Å². The average molecular weight is 394 g/mol. The highest BCUT2D eigenvalue weighted by molar-refractivity contribution is 9.10. The van der Waals surface area contributed by atoms with Crippen molar-refractivity contribution in [3.8, 4) is 0 Å². The van der Waals surface area contributed by atoms with E-state index in [1.54, 1.807) is 0 Å². The Morgan fingerprint density at radius 1 is 1.08 bits per heavy atom. The molecule has 1 saturated heterocycles. The van der Waals surface area contributed by atoms with Gasteiger partial charge in [-0.25, -0.2) is 4.79 Å². The third-order valence-corrected chi connectivity index (χ3v) is 6.22. The minimum Gasteiger partial charge on any atom is -0.322 e. The number of amides is 2. The quantitative estimate of drug-likeness (QED) is 0.743. The molecule has 0 aromatic heterocycles. The van der Waals surface area contributed by atoms with Crippen molar-refractivity contribution in [2.75, 3.05) is 31.5 Å². The summed E-state index contributed by atoms with van der Waals surface area (Å²) in [4.78, 5) is 17.0. The molecule has 0 unspecified atom stereocenters. The highest BCUT2D eigenvalue weighted by Crippen LogP contribution is 2.24. The molecule has 132 valence electrons. The van der Waals surface area contributed by atoms with Gasteiger partial charge in [0.1, 0.15) is 0 Å². The Kier molecular flexibility index (Phi) is 6.17. The third kappa shape index (κ3) is 4.51. The largest absolute Gasteiger partial charge is 0.322 e. The van der Waals surface area contributed by atoms with Gasteiger partial charge in [-0.2, -0.15) is 0 Å². The second kappa shape index (κ2) is 8.34. The van der Waals surface area contributed by atoms with Crippen molar-refractivity contribution < 1.29 is 4.79 Å². The van der Waals surface area contributed by atoms with E-state index in [0.717, 1.165) is 42.4 Å². The number of carbonyl (C=O) groups excluding carboxylic acids is 1. The van der Waals surface area contributed by atoms with Crippen molar-refractivity contribution in [2.45, 2.75) is 51.5 Å². The molecule has 0 spiro atoms. The van der Waals surface area contributed by atoms with Gasteiger partial charge in [0.15, 0.2) is 0 Å². The summed E-state index contributed by atoms with van der Waals surface area (Å²) in [6.45, 7) is 5.72. The fraction of sp³-hybridized carbons (Fsp3) is 0.632. The molecule has 2 fully saturated rings. The van der Waals surface area contributed by atoms with E-state index in [-0.39, 0.29) is 6.03 Å². The molecule has 3 rings (SSSR count). The van der Waals surface area contributed by atoms with Crippen LogP contribution in [-0.2, 0) is 0 Å². The highest BCUT2D eigenvalue weighted by Gasteiger charge is 2.26. The van der Waals surface area contributed by atoms with Crippen molar-refractivity contribution in [1.82, 2.24) is 9.80 Å². The van der Waals surface area contributed by atoms with Gasteiger partial charge in [0.25, 0.3) is 0 Å². The van der Waals surface area contributed by atoms with Gasteiger partial charge >= 0.3 is 6.03 Å². The molecule has 2 amide bonds. The summed E-state index contributed by atoms with van der Waals surface area (Å²) in [6.07, 6.45) is 8.20. The molecular formula is C19H28BrN3O. The Balaban J connectivity index is 1.50. The van der Waals surface area contributed by atoms with Gasteiger partial charge < -0.3 is 10.2 Å². The molecule has 1 heterocycles. The van der Waals surface area contributed by atoms with E-state index >= 15 is 0 Å². The van der Waals surface area contributed by atoms with Crippen LogP contribution in [0.15, 0.2) is 22.7 Å². The number of halogens is 1. The Hall–Kier alpha value is -1.07. The number of aryl methyl sites for hydroxylation is 1. The van der Waals surface area contributed by atoms with E-state index < -0.39 is 0 Å². The molecule has 4 nitrogen and oxygen atoms in total. The Labute approximate surface area is 153 Å². The van der Waals surface area contributed by atoms with Crippen molar-refractivity contribution >= 4 is 27.6 Å². The van der Waals surface area contributed by atoms with Gasteiger partial charge in [0.05, 0.1) is 0 Å². The van der Waals surface area contributed by atoms with Gasteiger partial charge in [-0.3, -0.25) is 4.90 Å². The van der Waals surface area contributed by atoms with Crippen LogP contribution < -0.4 is 5.32 Å². The summed E-state index contributed by atoms with van der Waals surface area (Å²) in [5.74, 6) is 0. The van der Waals surface area contributed by atoms with Gasteiger partial charge in [-0.1, -0.05) is 47.7 Å². The van der Waals surface area contributed by atoms with Crippen molar-refractivity contribution in [3.63, 3.8) is 0 Å². The van der Waals surface area contributed by atoms with Crippen LogP contribution in [0.25, 0.3) is 0 Å². The van der Waals surface area contributed by atoms with Gasteiger partial charge in [0, 0.05) is 42.4 Å². The summed E-state index contributed by atoms with van der Waals surface area (Å²) in [5.41, 5.74) is 2.02.